The molecule has 2 aromatic carbocycles. The van der Waals surface area contributed by atoms with E-state index >= 15 is 0 Å². The largest absolute Gasteiger partial charge is 0.497 e. The van der Waals surface area contributed by atoms with Crippen LogP contribution in [0.15, 0.2) is 48.5 Å². The molecule has 0 atom stereocenters. The van der Waals surface area contributed by atoms with Gasteiger partial charge in [-0.3, -0.25) is 4.79 Å². The number of carbonyl (C=O) groups excluding carboxylic acids is 1. The van der Waals surface area contributed by atoms with E-state index in [-0.39, 0.29) is 24.8 Å². The first-order valence-electron chi connectivity index (χ1n) is 7.95. The average Bonchev–Trinajstić information content (AvgIpc) is 3.09. The second-order valence-electron chi connectivity index (χ2n) is 5.39. The maximum Gasteiger partial charge on any atom is 0.268 e. The first-order chi connectivity index (χ1) is 12.7. The summed E-state index contributed by atoms with van der Waals surface area (Å²) < 4.78 is 23.7. The minimum absolute atomic E-state index is 0.0446. The predicted octanol–water partition coefficient (Wildman–Crippen LogP) is 3.13. The molecule has 0 saturated carbocycles. The number of rotatable bonds is 5. The van der Waals surface area contributed by atoms with Gasteiger partial charge in [-0.2, -0.15) is 0 Å². The molecule has 2 N–H and O–H groups in total. The van der Waals surface area contributed by atoms with Crippen LogP contribution in [0.25, 0.3) is 10.9 Å². The minimum atomic E-state index is -0.432. The quantitative estimate of drug-likeness (QED) is 0.694. The average molecular weight is 352 g/mol. The van der Waals surface area contributed by atoms with E-state index in [4.69, 9.17) is 9.47 Å². The van der Waals surface area contributed by atoms with E-state index in [2.05, 4.69) is 22.1 Å². The zero-order valence-corrected chi connectivity index (χ0v) is 14.1. The zero-order chi connectivity index (χ0) is 18.4. The fourth-order valence-electron chi connectivity index (χ4n) is 2.36. The third-order valence-corrected chi connectivity index (χ3v) is 3.67. The van der Waals surface area contributed by atoms with Crippen molar-refractivity contribution in [1.82, 2.24) is 10.3 Å². The standard InChI is InChI=1S/C20H17FN2O3/c1-25-15-9-8-14-12-18(23-17(14)13-15)20(24)22-10-4-5-11-26-19-7-3-2-6-16(19)21/h2-3,6-9,12-13,23H,10-11H2,1H3,(H,22,24). The highest BCUT2D eigenvalue weighted by atomic mass is 19.1. The maximum atomic E-state index is 13.4. The van der Waals surface area contributed by atoms with E-state index < -0.39 is 5.82 Å². The number of hydrogen-bond acceptors (Lipinski definition) is 3. The van der Waals surface area contributed by atoms with Gasteiger partial charge in [0.25, 0.3) is 5.91 Å². The van der Waals surface area contributed by atoms with Crippen molar-refractivity contribution in [2.75, 3.05) is 20.3 Å². The monoisotopic (exact) mass is 352 g/mol. The second kappa shape index (κ2) is 8.08. The number of halogens is 1. The van der Waals surface area contributed by atoms with Gasteiger partial charge in [-0.1, -0.05) is 24.0 Å². The van der Waals surface area contributed by atoms with Gasteiger partial charge < -0.3 is 19.8 Å². The van der Waals surface area contributed by atoms with Crippen LogP contribution < -0.4 is 14.8 Å². The lowest BCUT2D eigenvalue weighted by atomic mass is 10.2. The molecule has 1 aromatic heterocycles. The number of para-hydroxylation sites is 1. The van der Waals surface area contributed by atoms with Gasteiger partial charge in [0.2, 0.25) is 0 Å². The van der Waals surface area contributed by atoms with Crippen molar-refractivity contribution in [1.29, 1.82) is 0 Å². The molecule has 5 nitrogen and oxygen atoms in total. The molecule has 0 aliphatic heterocycles. The van der Waals surface area contributed by atoms with Crippen molar-refractivity contribution in [3.05, 3.63) is 60.0 Å². The first kappa shape index (κ1) is 17.4. The van der Waals surface area contributed by atoms with Gasteiger partial charge >= 0.3 is 0 Å². The number of ether oxygens (including phenoxy) is 2. The Morgan fingerprint density at radius 2 is 2.04 bits per heavy atom. The molecule has 3 rings (SSSR count). The number of fused-ring (bicyclic) bond motifs is 1. The molecule has 0 aliphatic carbocycles. The minimum Gasteiger partial charge on any atom is -0.497 e. The van der Waals surface area contributed by atoms with E-state index in [9.17, 15) is 9.18 Å². The van der Waals surface area contributed by atoms with Gasteiger partial charge in [0.1, 0.15) is 18.1 Å². The van der Waals surface area contributed by atoms with Crippen LogP contribution in [0.4, 0.5) is 4.39 Å². The molecular weight excluding hydrogens is 335 g/mol. The topological polar surface area (TPSA) is 63.4 Å². The van der Waals surface area contributed by atoms with Gasteiger partial charge in [0, 0.05) is 17.0 Å². The van der Waals surface area contributed by atoms with Gasteiger partial charge in [-0.15, -0.1) is 0 Å². The summed E-state index contributed by atoms with van der Waals surface area (Å²) in [5, 5.41) is 3.61. The highest BCUT2D eigenvalue weighted by Gasteiger charge is 2.09. The van der Waals surface area contributed by atoms with Crippen molar-refractivity contribution in [3.8, 4) is 23.3 Å². The van der Waals surface area contributed by atoms with Crippen LogP contribution in [0.2, 0.25) is 0 Å². The number of amides is 1. The van der Waals surface area contributed by atoms with Crippen LogP contribution in [0.1, 0.15) is 10.5 Å². The number of aromatic amines is 1. The summed E-state index contributed by atoms with van der Waals surface area (Å²) in [6.45, 7) is 0.209. The van der Waals surface area contributed by atoms with Gasteiger partial charge in [-0.25, -0.2) is 4.39 Å². The molecule has 3 aromatic rings. The number of methoxy groups -OCH3 is 1. The van der Waals surface area contributed by atoms with E-state index in [0.29, 0.717) is 11.4 Å². The highest BCUT2D eigenvalue weighted by Crippen LogP contribution is 2.21. The summed E-state index contributed by atoms with van der Waals surface area (Å²) in [5.41, 5.74) is 1.26. The van der Waals surface area contributed by atoms with Crippen LogP contribution in [0.5, 0.6) is 11.5 Å². The van der Waals surface area contributed by atoms with E-state index in [1.165, 1.54) is 12.1 Å². The van der Waals surface area contributed by atoms with E-state index in [1.807, 2.05) is 18.2 Å². The maximum absolute atomic E-state index is 13.4. The fraction of sp³-hybridized carbons (Fsp3) is 0.150. The van der Waals surface area contributed by atoms with E-state index in [1.54, 1.807) is 25.3 Å². The molecule has 6 heteroatoms. The Bertz CT molecular complexity index is 985. The van der Waals surface area contributed by atoms with Crippen molar-refractivity contribution in [2.24, 2.45) is 0 Å². The van der Waals surface area contributed by atoms with Gasteiger partial charge in [0.15, 0.2) is 11.6 Å². The Labute approximate surface area is 150 Å². The molecule has 0 saturated heterocycles. The molecule has 1 heterocycles. The Hall–Kier alpha value is -3.46. The summed E-state index contributed by atoms with van der Waals surface area (Å²) >= 11 is 0. The molecule has 1 amide bonds. The Kier molecular flexibility index (Phi) is 5.40. The normalized spacial score (nSPS) is 10.1. The molecular formula is C20H17FN2O3. The molecule has 0 radical (unpaired) electrons. The number of carbonyl (C=O) groups is 1. The summed E-state index contributed by atoms with van der Waals surface area (Å²) in [6, 6.07) is 13.4. The van der Waals surface area contributed by atoms with Crippen molar-refractivity contribution < 1.29 is 18.7 Å². The summed E-state index contributed by atoms with van der Waals surface area (Å²) in [7, 11) is 1.59. The van der Waals surface area contributed by atoms with Gasteiger partial charge in [0.05, 0.1) is 13.7 Å². The lowest BCUT2D eigenvalue weighted by molar-refractivity contribution is 0.0954. The molecule has 132 valence electrons. The zero-order valence-electron chi connectivity index (χ0n) is 14.1. The summed E-state index contributed by atoms with van der Waals surface area (Å²) in [5.74, 6) is 5.67. The molecule has 0 bridgehead atoms. The number of benzene rings is 2. The lowest BCUT2D eigenvalue weighted by Crippen LogP contribution is -2.23. The highest BCUT2D eigenvalue weighted by molar-refractivity contribution is 5.98. The Morgan fingerprint density at radius 3 is 2.85 bits per heavy atom. The van der Waals surface area contributed by atoms with E-state index in [0.717, 1.165) is 10.9 Å². The van der Waals surface area contributed by atoms with Crippen LogP contribution in [0.3, 0.4) is 0 Å². The Morgan fingerprint density at radius 1 is 1.19 bits per heavy atom. The van der Waals surface area contributed by atoms with Crippen molar-refractivity contribution in [3.63, 3.8) is 0 Å². The van der Waals surface area contributed by atoms with Crippen molar-refractivity contribution in [2.45, 2.75) is 0 Å². The summed E-state index contributed by atoms with van der Waals surface area (Å²) in [6.07, 6.45) is 0. The third kappa shape index (κ3) is 4.14. The molecule has 26 heavy (non-hydrogen) atoms. The smallest absolute Gasteiger partial charge is 0.268 e. The number of H-pyrrole nitrogens is 1. The molecule has 0 spiro atoms. The number of aromatic nitrogens is 1. The lowest BCUT2D eigenvalue weighted by Gasteiger charge is -2.02. The molecule has 0 unspecified atom stereocenters. The number of hydrogen-bond donors (Lipinski definition) is 2. The second-order valence-corrected chi connectivity index (χ2v) is 5.39. The fourth-order valence-corrected chi connectivity index (χ4v) is 2.36. The SMILES string of the molecule is COc1ccc2cc(C(=O)NCC#CCOc3ccccc3F)[nH]c2c1. The Balaban J connectivity index is 1.51. The third-order valence-electron chi connectivity index (χ3n) is 3.67. The van der Waals surface area contributed by atoms with Crippen LogP contribution in [-0.4, -0.2) is 31.2 Å². The number of nitrogens with one attached hydrogen (secondary N) is 2. The molecule has 0 fully saturated rings. The van der Waals surface area contributed by atoms with Crippen LogP contribution >= 0.6 is 0 Å². The van der Waals surface area contributed by atoms with Crippen molar-refractivity contribution >= 4 is 16.8 Å². The van der Waals surface area contributed by atoms with Gasteiger partial charge in [-0.05, 0) is 30.3 Å². The molecule has 0 aliphatic rings. The van der Waals surface area contributed by atoms with Crippen LogP contribution in [-0.2, 0) is 0 Å². The summed E-state index contributed by atoms with van der Waals surface area (Å²) in [4.78, 5) is 15.2. The predicted molar refractivity (Wildman–Crippen MR) is 96.9 cm³/mol. The first-order valence-corrected chi connectivity index (χ1v) is 7.95. The van der Waals surface area contributed by atoms with Crippen LogP contribution in [0, 0.1) is 17.7 Å².